The first-order valence-corrected chi connectivity index (χ1v) is 17.0. The number of ether oxygens (including phenoxy) is 4. The van der Waals surface area contributed by atoms with Crippen LogP contribution in [0, 0.1) is 5.82 Å². The molecule has 288 valence electrons. The van der Waals surface area contributed by atoms with Crippen LogP contribution in [0.3, 0.4) is 0 Å². The summed E-state index contributed by atoms with van der Waals surface area (Å²) in [6, 6.07) is 12.6. The number of carbonyl (C=O) groups excluding carboxylic acids is 2. The number of nitrogen functional groups attached to an aromatic ring is 1. The summed E-state index contributed by atoms with van der Waals surface area (Å²) in [5.74, 6) is -1.23. The predicted molar refractivity (Wildman–Crippen MR) is 191 cm³/mol. The summed E-state index contributed by atoms with van der Waals surface area (Å²) in [6.45, 7) is 9.40. The predicted octanol–water partition coefficient (Wildman–Crippen LogP) is 6.56. The molecule has 2 fully saturated rings. The SMILES string of the molecule is C1COCCO1.CC(C)(C)OC(=O)N1CC[C@@H](Oc2nc(-c3ccc(CNc4ncc(C(F)(F)F)cc4C(=O)Nc4ccc(F)cc4)cc3)cnc2N)C1. The third-order valence-corrected chi connectivity index (χ3v) is 7.86. The molecule has 13 nitrogen and oxygen atoms in total. The second-order valence-electron chi connectivity index (χ2n) is 13.3. The number of amides is 2. The molecule has 2 aliphatic heterocycles. The standard InChI is InChI=1S/C33H33F4N7O4.C4H8O2/c1-32(2,3)48-31(46)44-13-12-24(18-44)47-30-27(38)39-17-26(43-30)20-6-4-19(5-7-20)15-40-28-25(14-21(16-41-28)33(35,36)37)29(45)42-23-10-8-22(34)9-11-23;1-2-6-4-3-5-1/h4-11,14,16-17,24H,12-13,15,18H2,1-3H3,(H2,38,39)(H,40,41)(H,42,45);1-4H2/t24-;/m1./s1. The number of rotatable bonds is 8. The molecule has 0 saturated carbocycles. The molecule has 6 rings (SSSR count). The maximum absolute atomic E-state index is 13.4. The number of hydrogen-bond acceptors (Lipinski definition) is 11. The largest absolute Gasteiger partial charge is 0.470 e. The monoisotopic (exact) mass is 755 g/mol. The Kier molecular flexibility index (Phi) is 12.9. The topological polar surface area (TPSA) is 163 Å². The number of halogens is 4. The molecule has 0 radical (unpaired) electrons. The van der Waals surface area contributed by atoms with Crippen LogP contribution in [0.25, 0.3) is 11.3 Å². The molecule has 4 heterocycles. The van der Waals surface area contributed by atoms with Gasteiger partial charge in [0.2, 0.25) is 0 Å². The lowest BCUT2D eigenvalue weighted by Crippen LogP contribution is -2.36. The minimum atomic E-state index is -4.72. The third-order valence-electron chi connectivity index (χ3n) is 7.86. The summed E-state index contributed by atoms with van der Waals surface area (Å²) in [7, 11) is 0. The summed E-state index contributed by atoms with van der Waals surface area (Å²) in [5.41, 5.74) is 6.07. The number of alkyl halides is 3. The Morgan fingerprint density at radius 3 is 2.24 bits per heavy atom. The van der Waals surface area contributed by atoms with Crippen molar-refractivity contribution in [3.05, 3.63) is 89.5 Å². The van der Waals surface area contributed by atoms with Crippen LogP contribution in [0.4, 0.5) is 39.7 Å². The van der Waals surface area contributed by atoms with Gasteiger partial charge in [-0.3, -0.25) is 4.79 Å². The van der Waals surface area contributed by atoms with Crippen LogP contribution >= 0.6 is 0 Å². The Bertz CT molecular complexity index is 1870. The molecule has 2 aromatic heterocycles. The van der Waals surface area contributed by atoms with Crippen molar-refractivity contribution in [2.45, 2.75) is 51.6 Å². The Balaban J connectivity index is 0.000000850. The molecule has 0 unspecified atom stereocenters. The fourth-order valence-electron chi connectivity index (χ4n) is 5.17. The highest BCUT2D eigenvalue weighted by Gasteiger charge is 2.33. The van der Waals surface area contributed by atoms with Crippen molar-refractivity contribution in [2.75, 3.05) is 55.9 Å². The van der Waals surface area contributed by atoms with Crippen molar-refractivity contribution in [3.63, 3.8) is 0 Å². The van der Waals surface area contributed by atoms with Crippen LogP contribution in [0.1, 0.15) is 48.7 Å². The first kappa shape index (κ1) is 39.7. The molecular formula is C37H41F4N7O6. The molecule has 2 saturated heterocycles. The fraction of sp³-hybridized carbons (Fsp3) is 0.378. The van der Waals surface area contributed by atoms with Gasteiger partial charge in [-0.2, -0.15) is 13.2 Å². The van der Waals surface area contributed by atoms with E-state index in [9.17, 15) is 27.2 Å². The van der Waals surface area contributed by atoms with E-state index in [4.69, 9.17) is 24.7 Å². The first-order valence-electron chi connectivity index (χ1n) is 17.0. The number of pyridine rings is 1. The van der Waals surface area contributed by atoms with Gasteiger partial charge in [0.15, 0.2) is 5.82 Å². The lowest BCUT2D eigenvalue weighted by atomic mass is 10.1. The number of nitrogens with two attached hydrogens (primary N) is 1. The minimum Gasteiger partial charge on any atom is -0.470 e. The third kappa shape index (κ3) is 11.5. The molecule has 17 heteroatoms. The molecule has 0 bridgehead atoms. The van der Waals surface area contributed by atoms with Gasteiger partial charge in [0.1, 0.15) is 23.3 Å². The number of benzene rings is 2. The summed E-state index contributed by atoms with van der Waals surface area (Å²) in [6.07, 6.45) is -2.79. The number of aromatic nitrogens is 3. The van der Waals surface area contributed by atoms with Gasteiger partial charge in [-0.15, -0.1) is 0 Å². The van der Waals surface area contributed by atoms with E-state index in [0.29, 0.717) is 43.0 Å². The van der Waals surface area contributed by atoms with Gasteiger partial charge >= 0.3 is 12.3 Å². The van der Waals surface area contributed by atoms with E-state index in [1.165, 1.54) is 18.3 Å². The van der Waals surface area contributed by atoms with Gasteiger partial charge in [-0.1, -0.05) is 24.3 Å². The van der Waals surface area contributed by atoms with Crippen molar-refractivity contribution in [3.8, 4) is 17.1 Å². The van der Waals surface area contributed by atoms with E-state index in [-0.39, 0.29) is 41.4 Å². The molecule has 2 amide bonds. The fourth-order valence-corrected chi connectivity index (χ4v) is 5.17. The summed E-state index contributed by atoms with van der Waals surface area (Å²) in [4.78, 5) is 39.5. The maximum atomic E-state index is 13.4. The van der Waals surface area contributed by atoms with Crippen LogP contribution in [-0.4, -0.2) is 83.1 Å². The summed E-state index contributed by atoms with van der Waals surface area (Å²) < 4.78 is 74.9. The minimum absolute atomic E-state index is 0.0740. The number of likely N-dealkylation sites (tertiary alicyclic amines) is 1. The van der Waals surface area contributed by atoms with Crippen LogP contribution in [0.15, 0.2) is 67.0 Å². The zero-order valence-electron chi connectivity index (χ0n) is 29.9. The Morgan fingerprint density at radius 2 is 1.63 bits per heavy atom. The van der Waals surface area contributed by atoms with Crippen LogP contribution in [0.5, 0.6) is 5.88 Å². The zero-order chi connectivity index (χ0) is 38.9. The number of carbonyl (C=O) groups is 2. The Morgan fingerprint density at radius 1 is 0.963 bits per heavy atom. The summed E-state index contributed by atoms with van der Waals surface area (Å²) >= 11 is 0. The number of nitrogens with one attached hydrogen (secondary N) is 2. The highest BCUT2D eigenvalue weighted by Crippen LogP contribution is 2.32. The normalized spacial score (nSPS) is 15.8. The van der Waals surface area contributed by atoms with Crippen LogP contribution in [-0.2, 0) is 26.9 Å². The number of nitrogens with zero attached hydrogens (tertiary/aromatic N) is 4. The van der Waals surface area contributed by atoms with E-state index in [0.717, 1.165) is 44.1 Å². The lowest BCUT2D eigenvalue weighted by Gasteiger charge is -2.24. The zero-order valence-corrected chi connectivity index (χ0v) is 29.9. The molecule has 2 aliphatic rings. The van der Waals surface area contributed by atoms with Crippen LogP contribution < -0.4 is 21.1 Å². The quantitative estimate of drug-likeness (QED) is 0.167. The van der Waals surface area contributed by atoms with Crippen LogP contribution in [0.2, 0.25) is 0 Å². The molecule has 2 aromatic carbocycles. The van der Waals surface area contributed by atoms with Gasteiger partial charge in [0.25, 0.3) is 11.8 Å². The van der Waals surface area contributed by atoms with Crippen molar-refractivity contribution in [1.82, 2.24) is 19.9 Å². The Labute approximate surface area is 309 Å². The maximum Gasteiger partial charge on any atom is 0.417 e. The second-order valence-corrected chi connectivity index (χ2v) is 13.3. The first-order chi connectivity index (χ1) is 25.6. The van der Waals surface area contributed by atoms with E-state index >= 15 is 0 Å². The molecule has 54 heavy (non-hydrogen) atoms. The van der Waals surface area contributed by atoms with Gasteiger partial charge in [0, 0.05) is 37.0 Å². The molecule has 0 aliphatic carbocycles. The highest BCUT2D eigenvalue weighted by atomic mass is 19.4. The number of hydrogen-bond donors (Lipinski definition) is 3. The van der Waals surface area contributed by atoms with Crippen molar-refractivity contribution >= 4 is 29.3 Å². The van der Waals surface area contributed by atoms with E-state index < -0.39 is 35.2 Å². The molecular weight excluding hydrogens is 714 g/mol. The van der Waals surface area contributed by atoms with Gasteiger partial charge < -0.3 is 40.2 Å². The molecule has 0 spiro atoms. The lowest BCUT2D eigenvalue weighted by molar-refractivity contribution is -0.137. The smallest absolute Gasteiger partial charge is 0.417 e. The molecule has 1 atom stereocenters. The van der Waals surface area contributed by atoms with Gasteiger partial charge in [-0.25, -0.2) is 24.1 Å². The van der Waals surface area contributed by atoms with E-state index in [1.807, 2.05) is 0 Å². The van der Waals surface area contributed by atoms with Gasteiger partial charge in [0.05, 0.1) is 56.0 Å². The van der Waals surface area contributed by atoms with Crippen molar-refractivity contribution in [1.29, 1.82) is 0 Å². The highest BCUT2D eigenvalue weighted by molar-refractivity contribution is 6.07. The number of anilines is 3. The van der Waals surface area contributed by atoms with Gasteiger partial charge in [-0.05, 0) is 56.7 Å². The summed E-state index contributed by atoms with van der Waals surface area (Å²) in [5, 5.41) is 5.39. The van der Waals surface area contributed by atoms with E-state index in [2.05, 4.69) is 25.6 Å². The second kappa shape index (κ2) is 17.5. The van der Waals surface area contributed by atoms with E-state index in [1.54, 1.807) is 49.9 Å². The Hall–Kier alpha value is -5.55. The van der Waals surface area contributed by atoms with Crippen molar-refractivity contribution < 1.29 is 46.1 Å². The molecule has 4 N–H and O–H groups in total. The average molecular weight is 756 g/mol. The van der Waals surface area contributed by atoms with Crippen molar-refractivity contribution in [2.24, 2.45) is 0 Å². The molecule has 4 aromatic rings. The average Bonchev–Trinajstić information content (AvgIpc) is 3.61.